The van der Waals surface area contributed by atoms with Crippen molar-refractivity contribution in [2.45, 2.75) is 0 Å². The fourth-order valence-electron chi connectivity index (χ4n) is 0.406. The van der Waals surface area contributed by atoms with Crippen molar-refractivity contribution < 1.29 is 19.5 Å². The third-order valence-electron chi connectivity index (χ3n) is 0.610. The Morgan fingerprint density at radius 2 is 1.67 bits per heavy atom. The highest BCUT2D eigenvalue weighted by molar-refractivity contribution is 5.67. The van der Waals surface area contributed by atoms with Crippen molar-refractivity contribution in [3.63, 3.8) is 0 Å². The lowest BCUT2D eigenvalue weighted by Crippen LogP contribution is -2.39. The maximum Gasteiger partial charge on any atom is 0.359 e. The molecule has 0 unspecified atom stereocenters. The number of carboxylic acid groups (broad SMARTS) is 1. The van der Waals surface area contributed by atoms with E-state index in [-0.39, 0.29) is 6.54 Å². The lowest BCUT2D eigenvalue weighted by Gasteiger charge is -2.20. The quantitative estimate of drug-likeness (QED) is 0.351. The summed E-state index contributed by atoms with van der Waals surface area (Å²) in [6.07, 6.45) is 0. The SMILES string of the molecule is C[N+](C)(C)CC(=O)O.O=[N+]([O-])[O-]. The molecule has 0 aromatic carbocycles. The van der Waals surface area contributed by atoms with E-state index in [1.54, 1.807) is 0 Å². The molecule has 0 rings (SSSR count). The Morgan fingerprint density at radius 3 is 1.67 bits per heavy atom. The molecule has 0 aliphatic heterocycles. The molecule has 0 amide bonds. The molecule has 0 aliphatic carbocycles. The fourth-order valence-corrected chi connectivity index (χ4v) is 0.406. The Bertz CT molecular complexity index is 158. The summed E-state index contributed by atoms with van der Waals surface area (Å²) in [5.41, 5.74) is 0. The third-order valence-corrected chi connectivity index (χ3v) is 0.610. The van der Waals surface area contributed by atoms with Crippen molar-refractivity contribution >= 4 is 5.97 Å². The van der Waals surface area contributed by atoms with Crippen LogP contribution in [-0.4, -0.2) is 48.3 Å². The second kappa shape index (κ2) is 5.30. The van der Waals surface area contributed by atoms with Crippen LogP contribution in [0, 0.1) is 15.3 Å². The molecule has 0 fully saturated rings. The zero-order chi connectivity index (χ0) is 10.4. The monoisotopic (exact) mass is 180 g/mol. The molecule has 12 heavy (non-hydrogen) atoms. The molecule has 1 N–H and O–H groups in total. The van der Waals surface area contributed by atoms with E-state index in [0.717, 1.165) is 0 Å². The van der Waals surface area contributed by atoms with Gasteiger partial charge >= 0.3 is 5.97 Å². The summed E-state index contributed by atoms with van der Waals surface area (Å²) in [4.78, 5) is 18.2. The van der Waals surface area contributed by atoms with Gasteiger partial charge in [0.15, 0.2) is 6.54 Å². The maximum atomic E-state index is 10.00. The fraction of sp³-hybridized carbons (Fsp3) is 0.800. The zero-order valence-corrected chi connectivity index (χ0v) is 7.18. The van der Waals surface area contributed by atoms with Crippen LogP contribution in [0.3, 0.4) is 0 Å². The first-order valence-electron chi connectivity index (χ1n) is 2.99. The summed E-state index contributed by atoms with van der Waals surface area (Å²) < 4.78 is 0.481. The van der Waals surface area contributed by atoms with E-state index in [4.69, 9.17) is 20.4 Å². The summed E-state index contributed by atoms with van der Waals surface area (Å²) in [7, 11) is 5.52. The maximum absolute atomic E-state index is 10.00. The first-order chi connectivity index (χ1) is 5.15. The predicted molar refractivity (Wildman–Crippen MR) is 40.9 cm³/mol. The highest BCUT2D eigenvalue weighted by atomic mass is 16.9. The number of aliphatic carboxylic acids is 1. The van der Waals surface area contributed by atoms with Crippen LogP contribution in [0.5, 0.6) is 0 Å². The number of likely N-dealkylation sites (N-methyl/N-ethyl adjacent to an activating group) is 1. The molecule has 0 aromatic rings. The molecular weight excluding hydrogens is 168 g/mol. The van der Waals surface area contributed by atoms with E-state index in [0.29, 0.717) is 4.48 Å². The number of carbonyl (C=O) groups is 1. The lowest BCUT2D eigenvalue weighted by molar-refractivity contribution is -0.862. The van der Waals surface area contributed by atoms with E-state index in [1.807, 2.05) is 21.1 Å². The van der Waals surface area contributed by atoms with Gasteiger partial charge in [-0.2, -0.15) is 0 Å². The largest absolute Gasteiger partial charge is 0.477 e. The summed E-state index contributed by atoms with van der Waals surface area (Å²) in [6.45, 7) is 0.181. The van der Waals surface area contributed by atoms with E-state index in [1.165, 1.54) is 0 Å². The number of nitrogens with zero attached hydrogens (tertiary/aromatic N) is 2. The van der Waals surface area contributed by atoms with Crippen molar-refractivity contribution in [3.8, 4) is 0 Å². The van der Waals surface area contributed by atoms with E-state index in [9.17, 15) is 4.79 Å². The first kappa shape index (κ1) is 13.2. The van der Waals surface area contributed by atoms with Gasteiger partial charge in [-0.3, -0.25) is 0 Å². The summed E-state index contributed by atoms with van der Waals surface area (Å²) in [6, 6.07) is 0. The number of hydrogen-bond acceptors (Lipinski definition) is 4. The van der Waals surface area contributed by atoms with E-state index < -0.39 is 11.1 Å². The molecule has 0 aliphatic rings. The van der Waals surface area contributed by atoms with Crippen molar-refractivity contribution in [3.05, 3.63) is 15.3 Å². The van der Waals surface area contributed by atoms with Gasteiger partial charge in [-0.05, 0) is 0 Å². The first-order valence-corrected chi connectivity index (χ1v) is 2.99. The van der Waals surface area contributed by atoms with Crippen LogP contribution in [-0.2, 0) is 4.79 Å². The minimum Gasteiger partial charge on any atom is -0.477 e. The third kappa shape index (κ3) is 38.1. The summed E-state index contributed by atoms with van der Waals surface area (Å²) >= 11 is 0. The van der Waals surface area contributed by atoms with Crippen molar-refractivity contribution in [1.82, 2.24) is 0 Å². The molecule has 0 aromatic heterocycles. The second-order valence-corrected chi connectivity index (χ2v) is 3.07. The van der Waals surface area contributed by atoms with Crippen LogP contribution in [0.2, 0.25) is 0 Å². The molecule has 0 heterocycles. The molecule has 7 nitrogen and oxygen atoms in total. The van der Waals surface area contributed by atoms with Gasteiger partial charge in [0.1, 0.15) is 0 Å². The van der Waals surface area contributed by atoms with Crippen LogP contribution < -0.4 is 0 Å². The average Bonchev–Trinajstić information content (AvgIpc) is 1.52. The summed E-state index contributed by atoms with van der Waals surface area (Å²) in [5, 5.41) is 23.0. The molecule has 0 spiro atoms. The Morgan fingerprint density at radius 1 is 1.42 bits per heavy atom. The Kier molecular flexibility index (Phi) is 5.85. The Hall–Kier alpha value is -1.37. The smallest absolute Gasteiger partial charge is 0.359 e. The van der Waals surface area contributed by atoms with Gasteiger partial charge in [-0.25, -0.2) is 4.79 Å². The van der Waals surface area contributed by atoms with Gasteiger partial charge in [-0.15, -0.1) is 0 Å². The Balaban J connectivity index is 0. The van der Waals surface area contributed by atoms with Crippen LogP contribution in [0.4, 0.5) is 0 Å². The lowest BCUT2D eigenvalue weighted by atomic mass is 10.5. The molecule has 72 valence electrons. The molecule has 0 bridgehead atoms. The van der Waals surface area contributed by atoms with Gasteiger partial charge in [0.25, 0.3) is 0 Å². The molecular formula is C5H12N2O5. The predicted octanol–water partition coefficient (Wildman–Crippen LogP) is -0.462. The molecule has 0 saturated carbocycles. The van der Waals surface area contributed by atoms with Gasteiger partial charge in [-0.1, -0.05) is 0 Å². The van der Waals surface area contributed by atoms with Gasteiger partial charge in [0, 0.05) is 0 Å². The second-order valence-electron chi connectivity index (χ2n) is 3.07. The zero-order valence-electron chi connectivity index (χ0n) is 7.18. The standard InChI is InChI=1S/C5H11NO2.NO3/c1-6(2,3)4-5(7)8;2-1(3)4/h4H2,1-3H3;/q;-1/p+1. The molecule has 0 saturated heterocycles. The highest BCUT2D eigenvalue weighted by Gasteiger charge is 2.11. The van der Waals surface area contributed by atoms with Gasteiger partial charge in [0.05, 0.1) is 26.2 Å². The number of quaternary nitrogens is 1. The highest BCUT2D eigenvalue weighted by Crippen LogP contribution is 1.86. The normalized spacial score (nSPS) is 9.58. The van der Waals surface area contributed by atoms with Crippen LogP contribution in [0.25, 0.3) is 0 Å². The van der Waals surface area contributed by atoms with Crippen LogP contribution >= 0.6 is 0 Å². The number of carboxylic acids is 1. The topological polar surface area (TPSA) is 104 Å². The van der Waals surface area contributed by atoms with Crippen LogP contribution in [0.15, 0.2) is 0 Å². The minimum atomic E-state index is -1.75. The average molecular weight is 180 g/mol. The van der Waals surface area contributed by atoms with Crippen molar-refractivity contribution in [2.24, 2.45) is 0 Å². The molecule has 0 atom stereocenters. The molecule has 7 heteroatoms. The Labute approximate surface area is 69.5 Å². The number of rotatable bonds is 2. The van der Waals surface area contributed by atoms with E-state index >= 15 is 0 Å². The minimum absolute atomic E-state index is 0.181. The van der Waals surface area contributed by atoms with Crippen molar-refractivity contribution in [2.75, 3.05) is 27.7 Å². The van der Waals surface area contributed by atoms with Gasteiger partial charge in [0.2, 0.25) is 0 Å². The molecule has 0 radical (unpaired) electrons. The van der Waals surface area contributed by atoms with Crippen molar-refractivity contribution in [1.29, 1.82) is 0 Å². The summed E-state index contributed by atoms with van der Waals surface area (Å²) in [5.74, 6) is -0.752. The van der Waals surface area contributed by atoms with Gasteiger partial charge < -0.3 is 24.9 Å². The van der Waals surface area contributed by atoms with Crippen LogP contribution in [0.1, 0.15) is 0 Å². The van der Waals surface area contributed by atoms with E-state index in [2.05, 4.69) is 0 Å². The number of hydrogen-bond donors (Lipinski definition) is 1.